The lowest BCUT2D eigenvalue weighted by Gasteiger charge is -2.36. The van der Waals surface area contributed by atoms with Gasteiger partial charge in [-0.05, 0) is 74.9 Å². The summed E-state index contributed by atoms with van der Waals surface area (Å²) >= 11 is 0. The highest BCUT2D eigenvalue weighted by molar-refractivity contribution is 5.89. The number of nitrogens with one attached hydrogen (secondary N) is 1. The van der Waals surface area contributed by atoms with Gasteiger partial charge in [0, 0.05) is 5.56 Å². The van der Waals surface area contributed by atoms with Gasteiger partial charge in [0.05, 0.1) is 24.1 Å². The Bertz CT molecular complexity index is 1510. The van der Waals surface area contributed by atoms with Crippen LogP contribution in [0.25, 0.3) is 11.0 Å². The number of rotatable bonds is 5. The number of benzene rings is 3. The minimum Gasteiger partial charge on any atom is -0.507 e. The molecule has 3 aromatic carbocycles. The molecular weight excluding hydrogens is 438 g/mol. The predicted molar refractivity (Wildman–Crippen MR) is 136 cm³/mol. The third kappa shape index (κ3) is 3.73. The summed E-state index contributed by atoms with van der Waals surface area (Å²) in [5.41, 5.74) is 5.62. The van der Waals surface area contributed by atoms with E-state index in [1.165, 1.54) is 0 Å². The molecule has 6 heteroatoms. The zero-order valence-electron chi connectivity index (χ0n) is 20.7. The first kappa shape index (κ1) is 23.0. The number of hydrogen-bond acceptors (Lipinski definition) is 4. The van der Waals surface area contributed by atoms with Crippen LogP contribution in [0.4, 0.5) is 0 Å². The number of carbonyl (C=O) groups is 1. The number of nitrogens with zero attached hydrogens (tertiary/aromatic N) is 2. The second-order valence-electron chi connectivity index (χ2n) is 9.76. The third-order valence-electron chi connectivity index (χ3n) is 7.57. The first-order valence-electron chi connectivity index (χ1n) is 12.0. The van der Waals surface area contributed by atoms with E-state index in [4.69, 9.17) is 10.1 Å². The number of hydrogen-bond donors (Lipinski definition) is 2. The summed E-state index contributed by atoms with van der Waals surface area (Å²) in [4.78, 5) is 13.7. The fourth-order valence-corrected chi connectivity index (χ4v) is 5.14. The van der Waals surface area contributed by atoms with E-state index >= 15 is 0 Å². The summed E-state index contributed by atoms with van der Waals surface area (Å²) in [6.45, 7) is 8.17. The van der Waals surface area contributed by atoms with Crippen LogP contribution in [0.5, 0.6) is 11.5 Å². The highest BCUT2D eigenvalue weighted by Gasteiger charge is 2.40. The molecule has 0 spiro atoms. The highest BCUT2D eigenvalue weighted by atomic mass is 16.5. The van der Waals surface area contributed by atoms with E-state index < -0.39 is 5.60 Å². The number of fused-ring (bicyclic) bond motifs is 2. The molecule has 1 aliphatic heterocycles. The van der Waals surface area contributed by atoms with Gasteiger partial charge >= 0.3 is 0 Å². The standard InChI is InChI=1S/C29H31N3O3/c1-18-19(2)27-22(20(3)26(18)34)14-15-29(4,35-27)25(33)17-32-24-13-9-8-12-23(24)31(28(32)30)16-21-10-6-5-7-11-21/h5-13,30,34H,14-17H2,1-4H3. The Balaban J connectivity index is 1.50. The summed E-state index contributed by atoms with van der Waals surface area (Å²) in [7, 11) is 0. The van der Waals surface area contributed by atoms with Gasteiger partial charge < -0.3 is 19.0 Å². The molecule has 1 unspecified atom stereocenters. The maximum absolute atomic E-state index is 13.7. The average molecular weight is 470 g/mol. The lowest BCUT2D eigenvalue weighted by atomic mass is 9.85. The van der Waals surface area contributed by atoms with E-state index in [-0.39, 0.29) is 17.9 Å². The molecule has 1 aromatic heterocycles. The Morgan fingerprint density at radius 1 is 0.971 bits per heavy atom. The van der Waals surface area contributed by atoms with E-state index in [0.717, 1.165) is 38.9 Å². The number of Topliss-reactive ketones (excluding diaryl/α,β-unsaturated/α-hetero) is 1. The van der Waals surface area contributed by atoms with Crippen LogP contribution in [-0.2, 0) is 24.3 Å². The van der Waals surface area contributed by atoms with Gasteiger partial charge in [-0.25, -0.2) is 0 Å². The average Bonchev–Trinajstić information content (AvgIpc) is 3.12. The molecule has 4 aromatic rings. The van der Waals surface area contributed by atoms with Crippen molar-refractivity contribution in [1.82, 2.24) is 9.13 Å². The molecule has 0 bridgehead atoms. The fraction of sp³-hybridized carbons (Fsp3) is 0.310. The van der Waals surface area contributed by atoms with E-state index in [0.29, 0.717) is 30.9 Å². The van der Waals surface area contributed by atoms with Crippen LogP contribution in [0.15, 0.2) is 54.6 Å². The van der Waals surface area contributed by atoms with E-state index in [9.17, 15) is 9.90 Å². The van der Waals surface area contributed by atoms with Gasteiger partial charge in [-0.15, -0.1) is 0 Å². The Hall–Kier alpha value is -3.80. The summed E-state index contributed by atoms with van der Waals surface area (Å²) in [6, 6.07) is 17.9. The first-order chi connectivity index (χ1) is 16.7. The Morgan fingerprint density at radius 3 is 2.29 bits per heavy atom. The minimum atomic E-state index is -1.00. The quantitative estimate of drug-likeness (QED) is 0.434. The number of ether oxygens (including phenoxy) is 1. The van der Waals surface area contributed by atoms with Crippen molar-refractivity contribution in [3.63, 3.8) is 0 Å². The van der Waals surface area contributed by atoms with E-state index in [1.54, 1.807) is 4.57 Å². The molecule has 0 amide bonds. The molecule has 0 saturated heterocycles. The van der Waals surface area contributed by atoms with Crippen molar-refractivity contribution < 1.29 is 14.6 Å². The van der Waals surface area contributed by atoms with Gasteiger partial charge in [0.25, 0.3) is 0 Å². The summed E-state index contributed by atoms with van der Waals surface area (Å²) < 4.78 is 10.1. The number of aromatic nitrogens is 2. The van der Waals surface area contributed by atoms with Gasteiger partial charge in [0.1, 0.15) is 11.5 Å². The van der Waals surface area contributed by atoms with Gasteiger partial charge in [-0.1, -0.05) is 42.5 Å². The smallest absolute Gasteiger partial charge is 0.203 e. The van der Waals surface area contributed by atoms with Gasteiger partial charge in [-0.3, -0.25) is 10.2 Å². The number of aromatic hydroxyl groups is 1. The lowest BCUT2D eigenvalue weighted by molar-refractivity contribution is -0.135. The molecule has 0 aliphatic carbocycles. The third-order valence-corrected chi connectivity index (χ3v) is 7.57. The van der Waals surface area contributed by atoms with Crippen LogP contribution >= 0.6 is 0 Å². The van der Waals surface area contributed by atoms with Gasteiger partial charge in [0.15, 0.2) is 11.4 Å². The number of para-hydroxylation sites is 2. The SMILES string of the molecule is Cc1c(C)c2c(c(C)c1O)CCC(C)(C(=O)Cn1c(=N)n(Cc3ccccc3)c3ccccc31)O2. The number of phenolic OH excluding ortho intramolecular Hbond substituents is 1. The van der Waals surface area contributed by atoms with Crippen LogP contribution in [0.1, 0.15) is 41.2 Å². The van der Waals surface area contributed by atoms with E-state index in [2.05, 4.69) is 0 Å². The topological polar surface area (TPSA) is 80.2 Å². The molecule has 2 heterocycles. The van der Waals surface area contributed by atoms with Crippen LogP contribution in [-0.4, -0.2) is 25.6 Å². The Kier molecular flexibility index (Phi) is 5.55. The molecule has 180 valence electrons. The maximum Gasteiger partial charge on any atom is 0.203 e. The zero-order valence-corrected chi connectivity index (χ0v) is 20.7. The van der Waals surface area contributed by atoms with Crippen molar-refractivity contribution in [3.05, 3.63) is 88.0 Å². The second kappa shape index (κ2) is 8.45. The molecule has 1 atom stereocenters. The van der Waals surface area contributed by atoms with Crippen molar-refractivity contribution in [2.45, 2.75) is 59.2 Å². The number of imidazole rings is 1. The summed E-state index contributed by atoms with van der Waals surface area (Å²) in [5.74, 6) is 0.954. The molecule has 0 saturated carbocycles. The first-order valence-corrected chi connectivity index (χ1v) is 12.0. The normalized spacial score (nSPS) is 17.3. The number of ketones is 1. The van der Waals surface area contributed by atoms with E-state index in [1.807, 2.05) is 86.9 Å². The van der Waals surface area contributed by atoms with Gasteiger partial charge in [0.2, 0.25) is 5.62 Å². The number of carbonyl (C=O) groups excluding carboxylic acids is 1. The van der Waals surface area contributed by atoms with Crippen molar-refractivity contribution >= 4 is 16.8 Å². The van der Waals surface area contributed by atoms with Crippen molar-refractivity contribution in [3.8, 4) is 11.5 Å². The van der Waals surface area contributed by atoms with Crippen LogP contribution in [0.2, 0.25) is 0 Å². The molecule has 1 aliphatic rings. The maximum atomic E-state index is 13.7. The lowest BCUT2D eigenvalue weighted by Crippen LogP contribution is -2.47. The van der Waals surface area contributed by atoms with Crippen molar-refractivity contribution in [2.24, 2.45) is 0 Å². The fourth-order valence-electron chi connectivity index (χ4n) is 5.14. The van der Waals surface area contributed by atoms with Crippen molar-refractivity contribution in [2.75, 3.05) is 0 Å². The summed E-state index contributed by atoms with van der Waals surface area (Å²) in [6.07, 6.45) is 1.18. The highest BCUT2D eigenvalue weighted by Crippen LogP contribution is 2.43. The van der Waals surface area contributed by atoms with Crippen molar-refractivity contribution in [1.29, 1.82) is 5.41 Å². The Morgan fingerprint density at radius 2 is 1.60 bits per heavy atom. The molecule has 5 rings (SSSR count). The molecule has 0 fully saturated rings. The zero-order chi connectivity index (χ0) is 24.9. The molecule has 2 N–H and O–H groups in total. The van der Waals surface area contributed by atoms with Crippen LogP contribution in [0, 0.1) is 26.2 Å². The minimum absolute atomic E-state index is 0.0576. The van der Waals surface area contributed by atoms with Gasteiger partial charge in [-0.2, -0.15) is 0 Å². The molecule has 35 heavy (non-hydrogen) atoms. The van der Waals surface area contributed by atoms with Crippen LogP contribution < -0.4 is 10.4 Å². The predicted octanol–water partition coefficient (Wildman–Crippen LogP) is 4.95. The molecule has 0 radical (unpaired) electrons. The Labute approximate surface area is 204 Å². The van der Waals surface area contributed by atoms with Crippen LogP contribution in [0.3, 0.4) is 0 Å². The largest absolute Gasteiger partial charge is 0.507 e. The second-order valence-corrected chi connectivity index (χ2v) is 9.76. The number of phenols is 1. The summed E-state index contributed by atoms with van der Waals surface area (Å²) in [5, 5.41) is 19.4. The monoisotopic (exact) mass is 469 g/mol. The molecule has 6 nitrogen and oxygen atoms in total. The molecular formula is C29H31N3O3.